The molecule has 1 fully saturated rings. The van der Waals surface area contributed by atoms with Crippen LogP contribution >= 0.6 is 24.0 Å². The minimum atomic E-state index is -3.44. The Morgan fingerprint density at radius 3 is 2.57 bits per heavy atom. The van der Waals surface area contributed by atoms with Crippen LogP contribution in [0.4, 0.5) is 4.39 Å². The molecule has 8 heteroatoms. The van der Waals surface area contributed by atoms with Gasteiger partial charge in [0.2, 0.25) is 10.0 Å². The number of rotatable bonds is 6. The van der Waals surface area contributed by atoms with Crippen molar-refractivity contribution in [1.82, 2.24) is 9.62 Å². The van der Waals surface area contributed by atoms with Crippen LogP contribution in [-0.4, -0.2) is 38.4 Å². The molecule has 0 aliphatic carbocycles. The lowest BCUT2D eigenvalue weighted by atomic mass is 10.1. The zero-order valence-corrected chi connectivity index (χ0v) is 15.5. The fourth-order valence-electron chi connectivity index (χ4n) is 2.79. The molecule has 0 aromatic heterocycles. The molecular formula is C15H23Cl2FN2O2S. The molecule has 1 N–H and O–H groups in total. The number of nitrogens with one attached hydrogen (secondary N) is 1. The molecular weight excluding hydrogens is 362 g/mol. The summed E-state index contributed by atoms with van der Waals surface area (Å²) in [7, 11) is -3.44. The molecule has 0 bridgehead atoms. The molecule has 23 heavy (non-hydrogen) atoms. The van der Waals surface area contributed by atoms with Crippen molar-refractivity contribution in [2.24, 2.45) is 0 Å². The van der Waals surface area contributed by atoms with E-state index in [0.717, 1.165) is 32.4 Å². The highest BCUT2D eigenvalue weighted by Gasteiger charge is 2.30. The van der Waals surface area contributed by atoms with E-state index in [1.807, 2.05) is 6.92 Å². The SMILES string of the molecule is CCCN(C1CCNCC1)S(=O)(=O)Cc1ccc(F)c(Cl)c1.Cl. The van der Waals surface area contributed by atoms with Crippen molar-refractivity contribution in [2.45, 2.75) is 38.0 Å². The first-order chi connectivity index (χ1) is 10.4. The fraction of sp³-hybridized carbons (Fsp3) is 0.600. The zero-order chi connectivity index (χ0) is 16.2. The van der Waals surface area contributed by atoms with Crippen molar-refractivity contribution < 1.29 is 12.8 Å². The first-order valence-corrected chi connectivity index (χ1v) is 9.57. The molecule has 1 aromatic rings. The van der Waals surface area contributed by atoms with E-state index in [0.29, 0.717) is 12.1 Å². The number of nitrogens with zero attached hydrogens (tertiary/aromatic N) is 1. The van der Waals surface area contributed by atoms with E-state index in [2.05, 4.69) is 5.32 Å². The Balaban J connectivity index is 0.00000264. The van der Waals surface area contributed by atoms with Gasteiger partial charge < -0.3 is 5.32 Å². The fourth-order valence-corrected chi connectivity index (χ4v) is 4.88. The lowest BCUT2D eigenvalue weighted by molar-refractivity contribution is 0.262. The van der Waals surface area contributed by atoms with Gasteiger partial charge in [0, 0.05) is 12.6 Å². The van der Waals surface area contributed by atoms with Gasteiger partial charge in [-0.3, -0.25) is 0 Å². The summed E-state index contributed by atoms with van der Waals surface area (Å²) >= 11 is 5.74. The van der Waals surface area contributed by atoms with Crippen LogP contribution in [0.15, 0.2) is 18.2 Å². The topological polar surface area (TPSA) is 49.4 Å². The van der Waals surface area contributed by atoms with Gasteiger partial charge in [-0.25, -0.2) is 12.8 Å². The van der Waals surface area contributed by atoms with Crippen molar-refractivity contribution in [3.05, 3.63) is 34.6 Å². The Morgan fingerprint density at radius 1 is 1.35 bits per heavy atom. The van der Waals surface area contributed by atoms with Crippen molar-refractivity contribution in [3.63, 3.8) is 0 Å². The molecule has 132 valence electrons. The number of halogens is 3. The highest BCUT2D eigenvalue weighted by Crippen LogP contribution is 2.22. The predicted octanol–water partition coefficient (Wildman–Crippen LogP) is 3.19. The normalized spacial score (nSPS) is 16.3. The van der Waals surface area contributed by atoms with Gasteiger partial charge in [-0.05, 0) is 50.0 Å². The second kappa shape index (κ2) is 9.18. The Hall–Kier alpha value is -0.400. The van der Waals surface area contributed by atoms with Crippen molar-refractivity contribution in [1.29, 1.82) is 0 Å². The van der Waals surface area contributed by atoms with E-state index in [9.17, 15) is 12.8 Å². The highest BCUT2D eigenvalue weighted by molar-refractivity contribution is 7.88. The van der Waals surface area contributed by atoms with Gasteiger partial charge in [0.1, 0.15) is 5.82 Å². The Labute approximate surface area is 148 Å². The lowest BCUT2D eigenvalue weighted by Crippen LogP contribution is -2.46. The van der Waals surface area contributed by atoms with Gasteiger partial charge in [-0.2, -0.15) is 4.31 Å². The summed E-state index contributed by atoms with van der Waals surface area (Å²) in [5.74, 6) is -0.678. The molecule has 0 saturated carbocycles. The van der Waals surface area contributed by atoms with Gasteiger partial charge in [0.15, 0.2) is 0 Å². The Kier molecular flexibility index (Phi) is 8.24. The summed E-state index contributed by atoms with van der Waals surface area (Å²) in [6, 6.07) is 4.12. The zero-order valence-electron chi connectivity index (χ0n) is 13.1. The molecule has 1 aliphatic rings. The third-order valence-electron chi connectivity index (χ3n) is 3.85. The standard InChI is InChI=1S/C15H22ClFN2O2S.ClH/c1-2-9-19(13-5-7-18-8-6-13)22(20,21)11-12-3-4-15(17)14(16)10-12;/h3-4,10,13,18H,2,5-9,11H2,1H3;1H. The van der Waals surface area contributed by atoms with E-state index in [-0.39, 0.29) is 29.2 Å². The maximum atomic E-state index is 13.2. The molecule has 1 saturated heterocycles. The number of hydrogen-bond donors (Lipinski definition) is 1. The van der Waals surface area contributed by atoms with Crippen molar-refractivity contribution in [3.8, 4) is 0 Å². The summed E-state index contributed by atoms with van der Waals surface area (Å²) in [6.45, 7) is 4.16. The lowest BCUT2D eigenvalue weighted by Gasteiger charge is -2.33. The average Bonchev–Trinajstić information content (AvgIpc) is 2.49. The minimum Gasteiger partial charge on any atom is -0.317 e. The summed E-state index contributed by atoms with van der Waals surface area (Å²) in [4.78, 5) is 0. The van der Waals surface area contributed by atoms with E-state index in [1.54, 1.807) is 4.31 Å². The maximum Gasteiger partial charge on any atom is 0.218 e. The van der Waals surface area contributed by atoms with Gasteiger partial charge >= 0.3 is 0 Å². The van der Waals surface area contributed by atoms with Crippen LogP contribution in [0.2, 0.25) is 5.02 Å². The number of piperidine rings is 1. The molecule has 1 aromatic carbocycles. The molecule has 1 heterocycles. The van der Waals surface area contributed by atoms with Crippen LogP contribution < -0.4 is 5.32 Å². The molecule has 0 radical (unpaired) electrons. The molecule has 2 rings (SSSR count). The monoisotopic (exact) mass is 384 g/mol. The van der Waals surface area contributed by atoms with Crippen molar-refractivity contribution >= 4 is 34.0 Å². The van der Waals surface area contributed by atoms with Gasteiger partial charge in [-0.15, -0.1) is 12.4 Å². The summed E-state index contributed by atoms with van der Waals surface area (Å²) < 4.78 is 40.3. The highest BCUT2D eigenvalue weighted by atomic mass is 35.5. The first-order valence-electron chi connectivity index (χ1n) is 7.58. The van der Waals surface area contributed by atoms with Gasteiger partial charge in [0.05, 0.1) is 10.8 Å². The number of sulfonamides is 1. The second-order valence-corrected chi connectivity index (χ2v) is 7.93. The molecule has 0 amide bonds. The van der Waals surface area contributed by atoms with E-state index in [1.165, 1.54) is 18.2 Å². The summed E-state index contributed by atoms with van der Waals surface area (Å²) in [5, 5.41) is 3.20. The molecule has 0 atom stereocenters. The predicted molar refractivity (Wildman–Crippen MR) is 94.2 cm³/mol. The van der Waals surface area contributed by atoms with E-state index in [4.69, 9.17) is 11.6 Å². The average molecular weight is 385 g/mol. The minimum absolute atomic E-state index is 0. The van der Waals surface area contributed by atoms with Crippen LogP contribution in [0.3, 0.4) is 0 Å². The third kappa shape index (κ3) is 5.57. The maximum absolute atomic E-state index is 13.2. The Morgan fingerprint density at radius 2 is 2.00 bits per heavy atom. The van der Waals surface area contributed by atoms with Crippen LogP contribution in [0.5, 0.6) is 0 Å². The number of hydrogen-bond acceptors (Lipinski definition) is 3. The van der Waals surface area contributed by atoms with Crippen LogP contribution in [0, 0.1) is 5.82 Å². The van der Waals surface area contributed by atoms with Crippen LogP contribution in [-0.2, 0) is 15.8 Å². The molecule has 1 aliphatic heterocycles. The third-order valence-corrected chi connectivity index (χ3v) is 6.03. The molecule has 0 spiro atoms. The van der Waals surface area contributed by atoms with E-state index < -0.39 is 15.8 Å². The van der Waals surface area contributed by atoms with Crippen LogP contribution in [0.25, 0.3) is 0 Å². The smallest absolute Gasteiger partial charge is 0.218 e. The summed E-state index contributed by atoms with van der Waals surface area (Å²) in [6.07, 6.45) is 2.42. The first kappa shape index (κ1) is 20.6. The second-order valence-electron chi connectivity index (χ2n) is 5.60. The number of benzene rings is 1. The molecule has 0 unspecified atom stereocenters. The summed E-state index contributed by atoms with van der Waals surface area (Å²) in [5.41, 5.74) is 0.515. The molecule has 4 nitrogen and oxygen atoms in total. The Bertz CT molecular complexity index is 607. The van der Waals surface area contributed by atoms with Gasteiger partial charge in [0.25, 0.3) is 0 Å². The van der Waals surface area contributed by atoms with Crippen molar-refractivity contribution in [2.75, 3.05) is 19.6 Å². The van der Waals surface area contributed by atoms with Gasteiger partial charge in [-0.1, -0.05) is 24.6 Å². The largest absolute Gasteiger partial charge is 0.317 e. The van der Waals surface area contributed by atoms with Crippen LogP contribution in [0.1, 0.15) is 31.7 Å². The quantitative estimate of drug-likeness (QED) is 0.818. The van der Waals surface area contributed by atoms with E-state index >= 15 is 0 Å².